The molecule has 0 unspecified atom stereocenters. The molecule has 0 bridgehead atoms. The molecule has 26 heavy (non-hydrogen) atoms. The van der Waals surface area contributed by atoms with Crippen LogP contribution in [-0.4, -0.2) is 26.5 Å². The number of nitrogens with two attached hydrogens (primary N) is 1. The lowest BCUT2D eigenvalue weighted by atomic mass is 9.91. The van der Waals surface area contributed by atoms with Crippen molar-refractivity contribution in [1.29, 1.82) is 5.26 Å². The van der Waals surface area contributed by atoms with Crippen LogP contribution < -0.4 is 10.5 Å². The van der Waals surface area contributed by atoms with Gasteiger partial charge in [0.1, 0.15) is 29.8 Å². The summed E-state index contributed by atoms with van der Waals surface area (Å²) in [5.74, 6) is 0.933. The normalized spacial score (nSPS) is 12.0. The number of nitrogen functional groups attached to an aromatic ring is 1. The van der Waals surface area contributed by atoms with Crippen molar-refractivity contribution in [2.45, 2.75) is 20.1 Å². The molecule has 0 amide bonds. The summed E-state index contributed by atoms with van der Waals surface area (Å²) in [6.45, 7) is 2.53. The fraction of sp³-hybridized carbons (Fsp3) is 0.211. The topological polar surface area (TPSA) is 110 Å². The molecule has 0 saturated carbocycles. The van der Waals surface area contributed by atoms with Crippen LogP contribution in [0.15, 0.2) is 30.5 Å². The number of aliphatic hydroxyl groups excluding tert-OH is 1. The van der Waals surface area contributed by atoms with Gasteiger partial charge in [-0.05, 0) is 19.1 Å². The lowest BCUT2D eigenvalue weighted by Crippen LogP contribution is -2.12. The van der Waals surface area contributed by atoms with Gasteiger partial charge in [0, 0.05) is 28.5 Å². The van der Waals surface area contributed by atoms with E-state index in [1.54, 1.807) is 4.68 Å². The van der Waals surface area contributed by atoms with Crippen LogP contribution in [0.1, 0.15) is 16.8 Å². The molecule has 4 rings (SSSR count). The predicted molar refractivity (Wildman–Crippen MR) is 96.2 cm³/mol. The second-order valence-electron chi connectivity index (χ2n) is 6.09. The first-order chi connectivity index (χ1) is 12.6. The molecule has 7 nitrogen and oxygen atoms in total. The highest BCUT2D eigenvalue weighted by Crippen LogP contribution is 2.43. The minimum atomic E-state index is -0.0151. The highest BCUT2D eigenvalue weighted by molar-refractivity contribution is 5.87. The molecule has 130 valence electrons. The summed E-state index contributed by atoms with van der Waals surface area (Å²) < 4.78 is 7.55. The fourth-order valence-electron chi connectivity index (χ4n) is 3.33. The smallest absolute Gasteiger partial charge is 0.142 e. The number of pyridine rings is 1. The number of benzene rings is 1. The third-order valence-corrected chi connectivity index (χ3v) is 4.50. The molecular formula is C19H17N5O2. The van der Waals surface area contributed by atoms with E-state index in [9.17, 15) is 10.4 Å². The van der Waals surface area contributed by atoms with Crippen LogP contribution in [-0.2, 0) is 13.2 Å². The van der Waals surface area contributed by atoms with Crippen molar-refractivity contribution in [3.8, 4) is 34.2 Å². The molecule has 3 heterocycles. The standard InChI is InChI=1S/C19H17N5O2/c1-11-14(9-24(23-11)6-7-25)17-13(8-20)19(21)22-18-12-4-2-3-5-16(12)26-10-15(17)18/h2-5,9,25H,6-7,10H2,1H3,(H2,21,22). The number of hydrogen-bond acceptors (Lipinski definition) is 6. The van der Waals surface area contributed by atoms with E-state index in [1.807, 2.05) is 37.4 Å². The summed E-state index contributed by atoms with van der Waals surface area (Å²) in [5, 5.41) is 23.3. The lowest BCUT2D eigenvalue weighted by Gasteiger charge is -2.23. The van der Waals surface area contributed by atoms with Crippen LogP contribution in [0.3, 0.4) is 0 Å². The van der Waals surface area contributed by atoms with E-state index in [4.69, 9.17) is 10.5 Å². The Morgan fingerprint density at radius 3 is 2.92 bits per heavy atom. The van der Waals surface area contributed by atoms with Gasteiger partial charge in [0.2, 0.25) is 0 Å². The number of ether oxygens (including phenoxy) is 1. The average molecular weight is 347 g/mol. The van der Waals surface area contributed by atoms with Gasteiger partial charge in [0.15, 0.2) is 0 Å². The molecule has 0 atom stereocenters. The quantitative estimate of drug-likeness (QED) is 0.752. The van der Waals surface area contributed by atoms with Crippen molar-refractivity contribution in [3.63, 3.8) is 0 Å². The van der Waals surface area contributed by atoms with E-state index in [0.29, 0.717) is 24.3 Å². The van der Waals surface area contributed by atoms with E-state index in [2.05, 4.69) is 16.2 Å². The molecule has 1 aliphatic heterocycles. The van der Waals surface area contributed by atoms with Crippen LogP contribution in [0.5, 0.6) is 5.75 Å². The van der Waals surface area contributed by atoms with Crippen molar-refractivity contribution in [1.82, 2.24) is 14.8 Å². The Bertz CT molecular complexity index is 1050. The monoisotopic (exact) mass is 347 g/mol. The summed E-state index contributed by atoms with van der Waals surface area (Å²) in [6.07, 6.45) is 1.82. The first-order valence-electron chi connectivity index (χ1n) is 8.24. The predicted octanol–water partition coefficient (Wildman–Crippen LogP) is 2.26. The number of para-hydroxylation sites is 1. The van der Waals surface area contributed by atoms with Gasteiger partial charge >= 0.3 is 0 Å². The van der Waals surface area contributed by atoms with Crippen LogP contribution >= 0.6 is 0 Å². The van der Waals surface area contributed by atoms with Crippen molar-refractivity contribution in [2.75, 3.05) is 12.3 Å². The van der Waals surface area contributed by atoms with E-state index in [0.717, 1.165) is 33.8 Å². The van der Waals surface area contributed by atoms with Crippen molar-refractivity contribution in [3.05, 3.63) is 47.3 Å². The van der Waals surface area contributed by atoms with Crippen LogP contribution in [0.25, 0.3) is 22.4 Å². The first kappa shape index (κ1) is 16.1. The summed E-state index contributed by atoms with van der Waals surface area (Å²) in [4.78, 5) is 4.49. The largest absolute Gasteiger partial charge is 0.488 e. The molecule has 3 aromatic rings. The first-order valence-corrected chi connectivity index (χ1v) is 8.24. The average Bonchev–Trinajstić information content (AvgIpc) is 3.00. The molecule has 3 N–H and O–H groups in total. The van der Waals surface area contributed by atoms with Gasteiger partial charge in [-0.3, -0.25) is 4.68 Å². The number of aromatic nitrogens is 3. The Labute approximate surface area is 150 Å². The number of nitrogens with zero attached hydrogens (tertiary/aromatic N) is 4. The number of fused-ring (bicyclic) bond motifs is 3. The SMILES string of the molecule is Cc1nn(CCO)cc1-c1c(C#N)c(N)nc2c1COc1ccccc1-2. The Balaban J connectivity index is 2.02. The van der Waals surface area contributed by atoms with Gasteiger partial charge in [-0.15, -0.1) is 0 Å². The molecule has 0 saturated heterocycles. The zero-order valence-electron chi connectivity index (χ0n) is 14.2. The summed E-state index contributed by atoms with van der Waals surface area (Å²) >= 11 is 0. The molecule has 1 aliphatic rings. The van der Waals surface area contributed by atoms with Gasteiger partial charge in [-0.25, -0.2) is 4.98 Å². The van der Waals surface area contributed by atoms with E-state index in [1.165, 1.54) is 0 Å². The number of hydrogen-bond donors (Lipinski definition) is 2. The van der Waals surface area contributed by atoms with Crippen molar-refractivity contribution >= 4 is 5.82 Å². The fourth-order valence-corrected chi connectivity index (χ4v) is 3.33. The maximum atomic E-state index is 9.68. The third-order valence-electron chi connectivity index (χ3n) is 4.50. The van der Waals surface area contributed by atoms with Crippen LogP contribution in [0.2, 0.25) is 0 Å². The Kier molecular flexibility index (Phi) is 3.82. The van der Waals surface area contributed by atoms with E-state index < -0.39 is 0 Å². The molecule has 2 aromatic heterocycles. The molecule has 0 fully saturated rings. The number of aryl methyl sites for hydroxylation is 1. The molecular weight excluding hydrogens is 330 g/mol. The maximum Gasteiger partial charge on any atom is 0.142 e. The Morgan fingerprint density at radius 2 is 2.15 bits per heavy atom. The van der Waals surface area contributed by atoms with Gasteiger partial charge < -0.3 is 15.6 Å². The Morgan fingerprint density at radius 1 is 1.35 bits per heavy atom. The molecule has 0 aliphatic carbocycles. The van der Waals surface area contributed by atoms with Gasteiger partial charge in [-0.2, -0.15) is 10.4 Å². The van der Waals surface area contributed by atoms with Crippen molar-refractivity contribution in [2.24, 2.45) is 0 Å². The lowest BCUT2D eigenvalue weighted by molar-refractivity contribution is 0.269. The number of anilines is 1. The molecule has 1 aromatic carbocycles. The van der Waals surface area contributed by atoms with Crippen LogP contribution in [0, 0.1) is 18.3 Å². The number of aliphatic hydroxyl groups is 1. The van der Waals surface area contributed by atoms with E-state index >= 15 is 0 Å². The minimum Gasteiger partial charge on any atom is -0.488 e. The van der Waals surface area contributed by atoms with Gasteiger partial charge in [0.25, 0.3) is 0 Å². The maximum absolute atomic E-state index is 9.68. The number of rotatable bonds is 3. The van der Waals surface area contributed by atoms with Gasteiger partial charge in [0.05, 0.1) is 24.5 Å². The molecule has 7 heteroatoms. The highest BCUT2D eigenvalue weighted by Gasteiger charge is 2.27. The van der Waals surface area contributed by atoms with Crippen LogP contribution in [0.4, 0.5) is 5.82 Å². The molecule has 0 spiro atoms. The number of nitriles is 1. The van der Waals surface area contributed by atoms with Gasteiger partial charge in [-0.1, -0.05) is 12.1 Å². The van der Waals surface area contributed by atoms with Crippen molar-refractivity contribution < 1.29 is 9.84 Å². The zero-order valence-corrected chi connectivity index (χ0v) is 14.2. The second-order valence-corrected chi connectivity index (χ2v) is 6.09. The summed E-state index contributed by atoms with van der Waals surface area (Å²) in [7, 11) is 0. The minimum absolute atomic E-state index is 0.0151. The summed E-state index contributed by atoms with van der Waals surface area (Å²) in [5.41, 5.74) is 11.1. The third kappa shape index (κ3) is 2.39. The zero-order chi connectivity index (χ0) is 18.3. The summed E-state index contributed by atoms with van der Waals surface area (Å²) in [6, 6.07) is 9.81. The second kappa shape index (κ2) is 6.17. The molecule has 0 radical (unpaired) electrons. The Hall–Kier alpha value is -3.37. The van der Waals surface area contributed by atoms with E-state index in [-0.39, 0.29) is 12.4 Å². The highest BCUT2D eigenvalue weighted by atomic mass is 16.5.